The van der Waals surface area contributed by atoms with E-state index in [-0.39, 0.29) is 5.78 Å². The second-order valence-corrected chi connectivity index (χ2v) is 5.04. The van der Waals surface area contributed by atoms with Crippen LogP contribution in [0.3, 0.4) is 0 Å². The molecule has 0 fully saturated rings. The Bertz CT molecular complexity index is 840. The number of anilines is 1. The molecule has 0 aromatic carbocycles. The summed E-state index contributed by atoms with van der Waals surface area (Å²) in [7, 11) is 0. The summed E-state index contributed by atoms with van der Waals surface area (Å²) in [6.07, 6.45) is 1.74. The lowest BCUT2D eigenvalue weighted by atomic mass is 10.1. The van der Waals surface area contributed by atoms with Gasteiger partial charge >= 0.3 is 0 Å². The first-order valence-electron chi connectivity index (χ1n) is 6.95. The highest BCUT2D eigenvalue weighted by atomic mass is 16.1. The minimum absolute atomic E-state index is 0.0251. The molecule has 0 bridgehead atoms. The average molecular weight is 296 g/mol. The van der Waals surface area contributed by atoms with E-state index in [0.717, 1.165) is 11.4 Å². The summed E-state index contributed by atoms with van der Waals surface area (Å²) in [6, 6.07) is 5.71. The lowest BCUT2D eigenvalue weighted by Crippen LogP contribution is -2.09. The minimum Gasteiger partial charge on any atom is -0.347 e. The molecular formula is C15H16N6O. The van der Waals surface area contributed by atoms with Gasteiger partial charge in [0.25, 0.3) is 5.78 Å². The van der Waals surface area contributed by atoms with Crippen molar-refractivity contribution in [3.05, 3.63) is 47.0 Å². The fourth-order valence-electron chi connectivity index (χ4n) is 2.43. The van der Waals surface area contributed by atoms with E-state index in [2.05, 4.69) is 25.4 Å². The fraction of sp³-hybridized carbons (Fsp3) is 0.267. The largest absolute Gasteiger partial charge is 0.347 e. The van der Waals surface area contributed by atoms with Crippen molar-refractivity contribution in [2.45, 2.75) is 27.3 Å². The van der Waals surface area contributed by atoms with Crippen LogP contribution in [0.25, 0.3) is 5.78 Å². The van der Waals surface area contributed by atoms with Crippen molar-refractivity contribution in [2.24, 2.45) is 0 Å². The van der Waals surface area contributed by atoms with E-state index in [0.29, 0.717) is 29.5 Å². The maximum Gasteiger partial charge on any atom is 0.254 e. The molecule has 0 atom stereocenters. The molecule has 22 heavy (non-hydrogen) atoms. The van der Waals surface area contributed by atoms with Gasteiger partial charge in [-0.1, -0.05) is 6.07 Å². The van der Waals surface area contributed by atoms with Crippen LogP contribution in [0.1, 0.15) is 34.4 Å². The van der Waals surface area contributed by atoms with Crippen LogP contribution in [0.4, 0.5) is 5.95 Å². The Morgan fingerprint density at radius 3 is 2.77 bits per heavy atom. The highest BCUT2D eigenvalue weighted by Gasteiger charge is 2.16. The predicted molar refractivity (Wildman–Crippen MR) is 81.8 cm³/mol. The smallest absolute Gasteiger partial charge is 0.254 e. The van der Waals surface area contributed by atoms with Crippen LogP contribution >= 0.6 is 0 Å². The van der Waals surface area contributed by atoms with Crippen LogP contribution in [0, 0.1) is 13.8 Å². The van der Waals surface area contributed by atoms with Crippen molar-refractivity contribution in [1.29, 1.82) is 0 Å². The molecule has 3 rings (SSSR count). The Morgan fingerprint density at radius 1 is 1.27 bits per heavy atom. The van der Waals surface area contributed by atoms with Gasteiger partial charge in [0.2, 0.25) is 5.95 Å². The third kappa shape index (κ3) is 2.52. The Kier molecular flexibility index (Phi) is 3.54. The lowest BCUT2D eigenvalue weighted by molar-refractivity contribution is 0.101. The van der Waals surface area contributed by atoms with Crippen LogP contribution in [0.2, 0.25) is 0 Å². The van der Waals surface area contributed by atoms with Crippen molar-refractivity contribution in [2.75, 3.05) is 5.32 Å². The Hall–Kier alpha value is -2.83. The summed E-state index contributed by atoms with van der Waals surface area (Å²) in [5.41, 5.74) is 2.90. The van der Waals surface area contributed by atoms with Crippen molar-refractivity contribution in [1.82, 2.24) is 24.6 Å². The Morgan fingerprint density at radius 2 is 2.09 bits per heavy atom. The van der Waals surface area contributed by atoms with Gasteiger partial charge in [-0.05, 0) is 32.9 Å². The van der Waals surface area contributed by atoms with Gasteiger partial charge < -0.3 is 5.32 Å². The molecule has 7 nitrogen and oxygen atoms in total. The summed E-state index contributed by atoms with van der Waals surface area (Å²) in [5, 5.41) is 7.48. The molecule has 7 heteroatoms. The highest BCUT2D eigenvalue weighted by Crippen LogP contribution is 2.15. The summed E-state index contributed by atoms with van der Waals surface area (Å²) in [6.45, 7) is 5.70. The highest BCUT2D eigenvalue weighted by molar-refractivity contribution is 5.96. The van der Waals surface area contributed by atoms with Gasteiger partial charge in [0.1, 0.15) is 0 Å². The number of fused-ring (bicyclic) bond motifs is 1. The topological polar surface area (TPSA) is 85.1 Å². The van der Waals surface area contributed by atoms with Crippen molar-refractivity contribution in [3.8, 4) is 0 Å². The van der Waals surface area contributed by atoms with Crippen LogP contribution in [0.5, 0.6) is 0 Å². The number of rotatable bonds is 4. The maximum absolute atomic E-state index is 11.7. The summed E-state index contributed by atoms with van der Waals surface area (Å²) in [5.74, 6) is 0.910. The number of hydrogen-bond donors (Lipinski definition) is 1. The first kappa shape index (κ1) is 14.1. The first-order valence-corrected chi connectivity index (χ1v) is 6.95. The number of nitrogens with one attached hydrogen (secondary N) is 1. The SMILES string of the molecule is CC(=O)c1c(C)nc2nc(NCc3ccccn3)nn2c1C. The molecule has 112 valence electrons. The molecule has 3 heterocycles. The van der Waals surface area contributed by atoms with Crippen molar-refractivity contribution < 1.29 is 4.79 Å². The second kappa shape index (κ2) is 5.51. The number of hydrogen-bond acceptors (Lipinski definition) is 6. The molecule has 0 saturated heterocycles. The number of carbonyl (C=O) groups is 1. The standard InChI is InChI=1S/C15H16N6O/c1-9-13(11(3)22)10(2)21-15(18-9)19-14(20-21)17-8-12-6-4-5-7-16-12/h4-7H,8H2,1-3H3,(H,17,20). The number of nitrogens with zero attached hydrogens (tertiary/aromatic N) is 5. The number of aromatic nitrogens is 5. The number of pyridine rings is 1. The van der Waals surface area contributed by atoms with E-state index in [1.807, 2.05) is 25.1 Å². The van der Waals surface area contributed by atoms with Gasteiger partial charge in [0, 0.05) is 6.20 Å². The van der Waals surface area contributed by atoms with Crippen LogP contribution in [-0.2, 0) is 6.54 Å². The Balaban J connectivity index is 1.93. The quantitative estimate of drug-likeness (QED) is 0.741. The summed E-state index contributed by atoms with van der Waals surface area (Å²) >= 11 is 0. The van der Waals surface area contributed by atoms with Crippen LogP contribution in [0.15, 0.2) is 24.4 Å². The molecular weight excluding hydrogens is 280 g/mol. The molecule has 0 saturated carbocycles. The fourth-order valence-corrected chi connectivity index (χ4v) is 2.43. The second-order valence-electron chi connectivity index (χ2n) is 5.04. The summed E-state index contributed by atoms with van der Waals surface area (Å²) in [4.78, 5) is 24.6. The van der Waals surface area contributed by atoms with E-state index < -0.39 is 0 Å². The molecule has 3 aromatic heterocycles. The number of aryl methyl sites for hydroxylation is 2. The molecule has 3 aromatic rings. The van der Waals surface area contributed by atoms with E-state index in [4.69, 9.17) is 0 Å². The molecule has 0 aliphatic carbocycles. The molecule has 0 radical (unpaired) electrons. The maximum atomic E-state index is 11.7. The monoisotopic (exact) mass is 296 g/mol. The van der Waals surface area contributed by atoms with Gasteiger partial charge in [-0.2, -0.15) is 9.50 Å². The van der Waals surface area contributed by atoms with Gasteiger partial charge in [-0.25, -0.2) is 4.98 Å². The van der Waals surface area contributed by atoms with Crippen molar-refractivity contribution >= 4 is 17.5 Å². The van der Waals surface area contributed by atoms with Crippen LogP contribution in [-0.4, -0.2) is 30.3 Å². The first-order chi connectivity index (χ1) is 10.6. The third-order valence-electron chi connectivity index (χ3n) is 3.40. The normalized spacial score (nSPS) is 10.9. The molecule has 1 N–H and O–H groups in total. The van der Waals surface area contributed by atoms with E-state index in [1.165, 1.54) is 6.92 Å². The van der Waals surface area contributed by atoms with Gasteiger partial charge in [-0.15, -0.1) is 5.10 Å². The van der Waals surface area contributed by atoms with Crippen LogP contribution < -0.4 is 5.32 Å². The van der Waals surface area contributed by atoms with E-state index in [1.54, 1.807) is 17.6 Å². The lowest BCUT2D eigenvalue weighted by Gasteiger charge is -2.06. The minimum atomic E-state index is -0.0251. The number of carbonyl (C=O) groups excluding carboxylic acids is 1. The predicted octanol–water partition coefficient (Wildman–Crippen LogP) is 1.95. The number of ketones is 1. The zero-order valence-electron chi connectivity index (χ0n) is 12.7. The molecule has 0 unspecified atom stereocenters. The average Bonchev–Trinajstić information content (AvgIpc) is 2.89. The zero-order valence-corrected chi connectivity index (χ0v) is 12.7. The molecule has 0 aliphatic rings. The van der Waals surface area contributed by atoms with Gasteiger partial charge in [0.05, 0.1) is 29.2 Å². The van der Waals surface area contributed by atoms with E-state index >= 15 is 0 Å². The van der Waals surface area contributed by atoms with Gasteiger partial charge in [0.15, 0.2) is 5.78 Å². The molecule has 0 spiro atoms. The number of Topliss-reactive ketones (excluding diaryl/α,β-unsaturated/α-hetero) is 1. The van der Waals surface area contributed by atoms with Gasteiger partial charge in [-0.3, -0.25) is 9.78 Å². The van der Waals surface area contributed by atoms with E-state index in [9.17, 15) is 4.79 Å². The summed E-state index contributed by atoms with van der Waals surface area (Å²) < 4.78 is 1.59. The molecule has 0 amide bonds. The third-order valence-corrected chi connectivity index (χ3v) is 3.40. The zero-order chi connectivity index (χ0) is 15.7. The molecule has 0 aliphatic heterocycles. The van der Waals surface area contributed by atoms with Crippen molar-refractivity contribution in [3.63, 3.8) is 0 Å². The Labute approximate surface area is 127 Å².